The molecule has 0 amide bonds. The Bertz CT molecular complexity index is 1180. The SMILES string of the molecule is CCc1cc(C)cc(CC)c1C1=C(OC(=O)C(C)(C)C)CC(CCSc2ccc(C(F)(F)F)cc2)CC1=O. The van der Waals surface area contributed by atoms with Crippen LogP contribution in [-0.4, -0.2) is 17.5 Å². The molecule has 7 heteroatoms. The lowest BCUT2D eigenvalue weighted by atomic mass is 9.79. The lowest BCUT2D eigenvalue weighted by molar-refractivity contribution is -0.149. The van der Waals surface area contributed by atoms with E-state index in [2.05, 4.69) is 26.0 Å². The number of rotatable bonds is 8. The summed E-state index contributed by atoms with van der Waals surface area (Å²) in [4.78, 5) is 27.3. The highest BCUT2D eigenvalue weighted by Crippen LogP contribution is 2.40. The van der Waals surface area contributed by atoms with Gasteiger partial charge in [-0.3, -0.25) is 9.59 Å². The molecule has 2 aromatic carbocycles. The molecule has 1 aliphatic rings. The molecular formula is C31H37F3O3S. The van der Waals surface area contributed by atoms with E-state index in [-0.39, 0.29) is 17.7 Å². The van der Waals surface area contributed by atoms with Gasteiger partial charge in [-0.25, -0.2) is 0 Å². The number of hydrogen-bond donors (Lipinski definition) is 0. The Kier molecular flexibility index (Phi) is 9.56. The molecule has 0 saturated heterocycles. The molecule has 1 atom stereocenters. The maximum absolute atomic E-state index is 13.7. The van der Waals surface area contributed by atoms with Crippen LogP contribution in [0.2, 0.25) is 0 Å². The molecule has 0 N–H and O–H groups in total. The summed E-state index contributed by atoms with van der Waals surface area (Å²) in [7, 11) is 0. The number of esters is 1. The van der Waals surface area contributed by atoms with Gasteiger partial charge in [0.05, 0.1) is 16.6 Å². The van der Waals surface area contributed by atoms with E-state index in [0.29, 0.717) is 36.3 Å². The van der Waals surface area contributed by atoms with Crippen LogP contribution < -0.4 is 0 Å². The van der Waals surface area contributed by atoms with E-state index in [1.54, 1.807) is 20.8 Å². The number of carbonyl (C=O) groups is 2. The summed E-state index contributed by atoms with van der Waals surface area (Å²) in [5, 5.41) is 0. The second kappa shape index (κ2) is 12.1. The smallest absolute Gasteiger partial charge is 0.416 e. The van der Waals surface area contributed by atoms with E-state index < -0.39 is 17.2 Å². The molecule has 0 saturated carbocycles. The number of ether oxygens (including phenoxy) is 1. The number of benzene rings is 2. The summed E-state index contributed by atoms with van der Waals surface area (Å²) in [6.45, 7) is 11.5. The van der Waals surface area contributed by atoms with Crippen LogP contribution in [0.25, 0.3) is 5.57 Å². The molecule has 0 radical (unpaired) electrons. The molecule has 0 bridgehead atoms. The Morgan fingerprint density at radius 3 is 2.08 bits per heavy atom. The van der Waals surface area contributed by atoms with Gasteiger partial charge in [0, 0.05) is 17.7 Å². The van der Waals surface area contributed by atoms with Gasteiger partial charge < -0.3 is 4.74 Å². The number of halogens is 3. The van der Waals surface area contributed by atoms with Crippen molar-refractivity contribution in [1.29, 1.82) is 0 Å². The Labute approximate surface area is 228 Å². The first-order valence-corrected chi connectivity index (χ1v) is 14.1. The molecule has 38 heavy (non-hydrogen) atoms. The van der Waals surface area contributed by atoms with Gasteiger partial charge in [0.1, 0.15) is 5.76 Å². The largest absolute Gasteiger partial charge is 0.430 e. The molecule has 1 aliphatic carbocycles. The predicted molar refractivity (Wildman–Crippen MR) is 147 cm³/mol. The lowest BCUT2D eigenvalue weighted by Gasteiger charge is -2.29. The van der Waals surface area contributed by atoms with Crippen LogP contribution in [0.1, 0.15) is 81.7 Å². The number of allylic oxidation sites excluding steroid dienone is 2. The predicted octanol–water partition coefficient (Wildman–Crippen LogP) is 8.60. The van der Waals surface area contributed by atoms with Gasteiger partial charge in [0.15, 0.2) is 5.78 Å². The molecule has 0 spiro atoms. The molecule has 0 aromatic heterocycles. The van der Waals surface area contributed by atoms with E-state index in [0.717, 1.165) is 52.1 Å². The van der Waals surface area contributed by atoms with Crippen molar-refractivity contribution in [1.82, 2.24) is 0 Å². The Balaban J connectivity index is 1.88. The van der Waals surface area contributed by atoms with Crippen molar-refractivity contribution >= 4 is 29.1 Å². The van der Waals surface area contributed by atoms with E-state index in [9.17, 15) is 22.8 Å². The summed E-state index contributed by atoms with van der Waals surface area (Å²) in [5.41, 5.74) is 3.33. The van der Waals surface area contributed by atoms with E-state index in [1.807, 2.05) is 6.92 Å². The van der Waals surface area contributed by atoms with Crippen LogP contribution >= 0.6 is 11.8 Å². The maximum Gasteiger partial charge on any atom is 0.416 e. The average Bonchev–Trinajstić information content (AvgIpc) is 2.83. The van der Waals surface area contributed by atoms with E-state index >= 15 is 0 Å². The quantitative estimate of drug-likeness (QED) is 0.246. The van der Waals surface area contributed by atoms with Crippen molar-refractivity contribution in [3.05, 3.63) is 70.0 Å². The third-order valence-corrected chi connectivity index (χ3v) is 7.81. The molecular weight excluding hydrogens is 509 g/mol. The zero-order valence-electron chi connectivity index (χ0n) is 23.1. The number of aryl methyl sites for hydroxylation is 3. The van der Waals surface area contributed by atoms with E-state index in [4.69, 9.17) is 4.74 Å². The maximum atomic E-state index is 13.7. The second-order valence-corrected chi connectivity index (χ2v) is 12.1. The van der Waals surface area contributed by atoms with Crippen LogP contribution in [0.4, 0.5) is 13.2 Å². The summed E-state index contributed by atoms with van der Waals surface area (Å²) < 4.78 is 44.5. The number of thioether (sulfide) groups is 1. The van der Waals surface area contributed by atoms with Crippen LogP contribution in [0, 0.1) is 18.3 Å². The first-order valence-electron chi connectivity index (χ1n) is 13.2. The zero-order valence-corrected chi connectivity index (χ0v) is 23.9. The fourth-order valence-corrected chi connectivity index (χ4v) is 5.72. The monoisotopic (exact) mass is 546 g/mol. The number of alkyl halides is 3. The molecule has 1 unspecified atom stereocenters. The van der Waals surface area contributed by atoms with Gasteiger partial charge in [0.2, 0.25) is 0 Å². The third kappa shape index (κ3) is 7.31. The standard InChI is InChI=1S/C31H37F3O3S/c1-7-21-15-19(3)16-22(8-2)27(21)28-25(35)17-20(18-26(28)37-29(36)30(4,5)6)13-14-38-24-11-9-23(10-12-24)31(32,33)34/h9-12,15-16,20H,7-8,13-14,17-18H2,1-6H3. The van der Waals surface area contributed by atoms with E-state index in [1.165, 1.54) is 23.9 Å². The normalized spacial score (nSPS) is 16.7. The highest BCUT2D eigenvalue weighted by atomic mass is 32.2. The van der Waals surface area contributed by atoms with Gasteiger partial charge in [-0.2, -0.15) is 13.2 Å². The summed E-state index contributed by atoms with van der Waals surface area (Å²) in [6, 6.07) is 9.33. The van der Waals surface area contributed by atoms with Crippen molar-refractivity contribution in [2.75, 3.05) is 5.75 Å². The highest BCUT2D eigenvalue weighted by molar-refractivity contribution is 7.99. The van der Waals surface area contributed by atoms with Crippen molar-refractivity contribution in [3.63, 3.8) is 0 Å². The van der Waals surface area contributed by atoms with Gasteiger partial charge in [-0.1, -0.05) is 31.5 Å². The molecule has 3 nitrogen and oxygen atoms in total. The van der Waals surface area contributed by atoms with Gasteiger partial charge >= 0.3 is 12.1 Å². The number of carbonyl (C=O) groups excluding carboxylic acids is 2. The topological polar surface area (TPSA) is 43.4 Å². The van der Waals surface area contributed by atoms with Crippen molar-refractivity contribution in [2.24, 2.45) is 11.3 Å². The fourth-order valence-electron chi connectivity index (χ4n) is 4.70. The Hall–Kier alpha value is -2.54. The molecule has 3 rings (SSSR count). The number of Topliss-reactive ketones (excluding diaryl/α,β-unsaturated/α-hetero) is 1. The average molecular weight is 547 g/mol. The van der Waals surface area contributed by atoms with Crippen molar-refractivity contribution in [2.45, 2.75) is 84.7 Å². The third-order valence-electron chi connectivity index (χ3n) is 6.77. The summed E-state index contributed by atoms with van der Waals surface area (Å²) in [6.07, 6.45) is -1.35. The second-order valence-electron chi connectivity index (χ2n) is 11.0. The highest BCUT2D eigenvalue weighted by Gasteiger charge is 2.35. The van der Waals surface area contributed by atoms with Crippen molar-refractivity contribution < 1.29 is 27.5 Å². The minimum atomic E-state index is -4.36. The first kappa shape index (κ1) is 30.0. The van der Waals surface area contributed by atoms with Gasteiger partial charge in [-0.15, -0.1) is 11.8 Å². The Morgan fingerprint density at radius 2 is 1.58 bits per heavy atom. The van der Waals surface area contributed by atoms with Crippen LogP contribution in [0.5, 0.6) is 0 Å². The lowest BCUT2D eigenvalue weighted by Crippen LogP contribution is -2.27. The van der Waals surface area contributed by atoms with Crippen molar-refractivity contribution in [3.8, 4) is 0 Å². The summed E-state index contributed by atoms with van der Waals surface area (Å²) >= 11 is 1.46. The molecule has 206 valence electrons. The molecule has 0 heterocycles. The molecule has 0 fully saturated rings. The molecule has 2 aromatic rings. The first-order chi connectivity index (χ1) is 17.7. The minimum absolute atomic E-state index is 0.0171. The van der Waals surface area contributed by atoms with Crippen LogP contribution in [0.15, 0.2) is 47.1 Å². The van der Waals surface area contributed by atoms with Crippen LogP contribution in [-0.2, 0) is 33.3 Å². The van der Waals surface area contributed by atoms with Gasteiger partial charge in [0.25, 0.3) is 0 Å². The number of ketones is 1. The van der Waals surface area contributed by atoms with Gasteiger partial charge in [-0.05, 0) is 99.6 Å². The number of hydrogen-bond acceptors (Lipinski definition) is 4. The Morgan fingerprint density at radius 1 is 1.00 bits per heavy atom. The minimum Gasteiger partial charge on any atom is -0.430 e. The summed E-state index contributed by atoms with van der Waals surface area (Å²) in [5.74, 6) is 0.673. The fraction of sp³-hybridized carbons (Fsp3) is 0.484. The zero-order chi connectivity index (χ0) is 28.3. The molecule has 0 aliphatic heterocycles. The van der Waals surface area contributed by atoms with Crippen LogP contribution in [0.3, 0.4) is 0 Å².